The lowest BCUT2D eigenvalue weighted by molar-refractivity contribution is -0.114. The summed E-state index contributed by atoms with van der Waals surface area (Å²) in [4.78, 5) is 24.1. The van der Waals surface area contributed by atoms with Crippen LogP contribution < -0.4 is 20.7 Å². The predicted molar refractivity (Wildman–Crippen MR) is 104 cm³/mol. The van der Waals surface area contributed by atoms with E-state index in [0.717, 1.165) is 11.4 Å². The molecule has 0 saturated heterocycles. The van der Waals surface area contributed by atoms with Crippen LogP contribution in [0.15, 0.2) is 48.5 Å². The van der Waals surface area contributed by atoms with Crippen LogP contribution in [0.3, 0.4) is 0 Å². The molecule has 0 spiro atoms. The first-order valence-corrected chi connectivity index (χ1v) is 8.37. The van der Waals surface area contributed by atoms with Crippen LogP contribution in [0.2, 0.25) is 0 Å². The quantitative estimate of drug-likeness (QED) is 0.743. The molecule has 0 radical (unpaired) electrons. The van der Waals surface area contributed by atoms with Crippen LogP contribution in [0, 0.1) is 0 Å². The molecule has 0 aliphatic carbocycles. The van der Waals surface area contributed by atoms with Crippen LogP contribution in [-0.4, -0.2) is 31.0 Å². The van der Waals surface area contributed by atoms with Crippen molar-refractivity contribution in [2.75, 3.05) is 24.3 Å². The number of nitrogens with one attached hydrogen (secondary N) is 3. The Kier molecular flexibility index (Phi) is 6.22. The Hall–Kier alpha value is -3.02. The summed E-state index contributed by atoms with van der Waals surface area (Å²) in [5, 5.41) is 8.73. The van der Waals surface area contributed by atoms with Gasteiger partial charge in [-0.05, 0) is 57.2 Å². The minimum absolute atomic E-state index is 0.124. The standard InChI is InChI=1S/C20H25N3O3/c1-20(2,3)23-19(25)14-8-10-15(11-9-14)22-18(24)13-21-16-6-5-7-17(12-16)26-4/h5-12,21H,13H2,1-4H3,(H,22,24)(H,23,25). The molecule has 0 saturated carbocycles. The van der Waals surface area contributed by atoms with Crippen molar-refractivity contribution in [1.82, 2.24) is 5.32 Å². The highest BCUT2D eigenvalue weighted by molar-refractivity contribution is 5.97. The second-order valence-electron chi connectivity index (χ2n) is 6.92. The normalized spacial score (nSPS) is 10.8. The average Bonchev–Trinajstić information content (AvgIpc) is 2.59. The number of carbonyl (C=O) groups is 2. The van der Waals surface area contributed by atoms with E-state index in [0.29, 0.717) is 11.3 Å². The van der Waals surface area contributed by atoms with Crippen molar-refractivity contribution in [2.24, 2.45) is 0 Å². The van der Waals surface area contributed by atoms with E-state index in [4.69, 9.17) is 4.74 Å². The van der Waals surface area contributed by atoms with E-state index >= 15 is 0 Å². The Morgan fingerprint density at radius 1 is 1.00 bits per heavy atom. The Bertz CT molecular complexity index is 765. The summed E-state index contributed by atoms with van der Waals surface area (Å²) < 4.78 is 5.14. The monoisotopic (exact) mass is 355 g/mol. The van der Waals surface area contributed by atoms with Gasteiger partial charge in [-0.25, -0.2) is 0 Å². The van der Waals surface area contributed by atoms with Crippen LogP contribution in [0.4, 0.5) is 11.4 Å². The SMILES string of the molecule is COc1cccc(NCC(=O)Nc2ccc(C(=O)NC(C)(C)C)cc2)c1. The molecule has 2 aromatic carbocycles. The van der Waals surface area contributed by atoms with E-state index in [9.17, 15) is 9.59 Å². The third kappa shape index (κ3) is 6.12. The third-order valence-electron chi connectivity index (χ3n) is 3.44. The maximum atomic E-state index is 12.1. The van der Waals surface area contributed by atoms with Crippen LogP contribution in [-0.2, 0) is 4.79 Å². The summed E-state index contributed by atoms with van der Waals surface area (Å²) >= 11 is 0. The zero-order valence-corrected chi connectivity index (χ0v) is 15.6. The number of carbonyl (C=O) groups excluding carboxylic acids is 2. The van der Waals surface area contributed by atoms with Crippen molar-refractivity contribution >= 4 is 23.2 Å². The highest BCUT2D eigenvalue weighted by atomic mass is 16.5. The topological polar surface area (TPSA) is 79.5 Å². The van der Waals surface area contributed by atoms with E-state index in [1.54, 1.807) is 31.4 Å². The lowest BCUT2D eigenvalue weighted by Gasteiger charge is -2.20. The van der Waals surface area contributed by atoms with Crippen molar-refractivity contribution in [1.29, 1.82) is 0 Å². The lowest BCUT2D eigenvalue weighted by Crippen LogP contribution is -2.40. The first-order chi connectivity index (χ1) is 12.3. The van der Waals surface area contributed by atoms with E-state index < -0.39 is 0 Å². The largest absolute Gasteiger partial charge is 0.497 e. The van der Waals surface area contributed by atoms with Gasteiger partial charge in [0.1, 0.15) is 5.75 Å². The molecule has 6 nitrogen and oxygen atoms in total. The first kappa shape index (κ1) is 19.3. The van der Waals surface area contributed by atoms with Crippen molar-refractivity contribution in [3.8, 4) is 5.75 Å². The summed E-state index contributed by atoms with van der Waals surface area (Å²) in [6.07, 6.45) is 0. The van der Waals surface area contributed by atoms with Gasteiger partial charge in [0, 0.05) is 28.5 Å². The maximum absolute atomic E-state index is 12.1. The fourth-order valence-corrected chi connectivity index (χ4v) is 2.24. The molecule has 0 bridgehead atoms. The predicted octanol–water partition coefficient (Wildman–Crippen LogP) is 3.27. The summed E-state index contributed by atoms with van der Waals surface area (Å²) in [5.41, 5.74) is 1.69. The van der Waals surface area contributed by atoms with Crippen LogP contribution in [0.25, 0.3) is 0 Å². The van der Waals surface area contributed by atoms with Crippen LogP contribution >= 0.6 is 0 Å². The number of rotatable bonds is 6. The first-order valence-electron chi connectivity index (χ1n) is 8.37. The fraction of sp³-hybridized carbons (Fsp3) is 0.300. The van der Waals surface area contributed by atoms with Crippen LogP contribution in [0.1, 0.15) is 31.1 Å². The molecular weight excluding hydrogens is 330 g/mol. The zero-order valence-electron chi connectivity index (χ0n) is 15.6. The lowest BCUT2D eigenvalue weighted by atomic mass is 10.1. The molecule has 2 aromatic rings. The van der Waals surface area contributed by atoms with Crippen molar-refractivity contribution < 1.29 is 14.3 Å². The van der Waals surface area contributed by atoms with Gasteiger partial charge in [-0.3, -0.25) is 9.59 Å². The van der Waals surface area contributed by atoms with E-state index in [1.165, 1.54) is 0 Å². The van der Waals surface area contributed by atoms with Crippen LogP contribution in [0.5, 0.6) is 5.75 Å². The zero-order chi connectivity index (χ0) is 19.2. The van der Waals surface area contributed by atoms with E-state index in [-0.39, 0.29) is 23.9 Å². The summed E-state index contributed by atoms with van der Waals surface area (Å²) in [6, 6.07) is 14.2. The van der Waals surface area contributed by atoms with Gasteiger partial charge in [-0.15, -0.1) is 0 Å². The molecule has 2 amide bonds. The minimum Gasteiger partial charge on any atom is -0.497 e. The molecule has 0 atom stereocenters. The Morgan fingerprint density at radius 2 is 1.69 bits per heavy atom. The summed E-state index contributed by atoms with van der Waals surface area (Å²) in [7, 11) is 1.59. The Labute approximate surface area is 153 Å². The molecule has 0 aliphatic rings. The molecule has 0 fully saturated rings. The second kappa shape index (κ2) is 8.38. The molecule has 26 heavy (non-hydrogen) atoms. The van der Waals surface area contributed by atoms with E-state index in [1.807, 2.05) is 45.0 Å². The summed E-state index contributed by atoms with van der Waals surface area (Å²) in [5.74, 6) is 0.398. The number of anilines is 2. The Balaban J connectivity index is 1.88. The highest BCUT2D eigenvalue weighted by Gasteiger charge is 2.15. The van der Waals surface area contributed by atoms with Crippen molar-refractivity contribution in [3.05, 3.63) is 54.1 Å². The third-order valence-corrected chi connectivity index (χ3v) is 3.44. The molecule has 0 unspecified atom stereocenters. The average molecular weight is 355 g/mol. The maximum Gasteiger partial charge on any atom is 0.251 e. The molecule has 0 aliphatic heterocycles. The molecule has 0 heterocycles. The smallest absolute Gasteiger partial charge is 0.251 e. The molecule has 3 N–H and O–H groups in total. The van der Waals surface area contributed by atoms with Gasteiger partial charge in [0.15, 0.2) is 0 Å². The number of hydrogen-bond acceptors (Lipinski definition) is 4. The number of ether oxygens (including phenoxy) is 1. The molecule has 6 heteroatoms. The molecule has 0 aromatic heterocycles. The van der Waals surface area contributed by atoms with Gasteiger partial charge in [0.05, 0.1) is 13.7 Å². The van der Waals surface area contributed by atoms with Crippen molar-refractivity contribution in [3.63, 3.8) is 0 Å². The number of methoxy groups -OCH3 is 1. The summed E-state index contributed by atoms with van der Waals surface area (Å²) in [6.45, 7) is 5.90. The van der Waals surface area contributed by atoms with E-state index in [2.05, 4.69) is 16.0 Å². The number of amides is 2. The highest BCUT2D eigenvalue weighted by Crippen LogP contribution is 2.16. The Morgan fingerprint density at radius 3 is 2.31 bits per heavy atom. The van der Waals surface area contributed by atoms with Gasteiger partial charge >= 0.3 is 0 Å². The molecule has 138 valence electrons. The van der Waals surface area contributed by atoms with Gasteiger partial charge < -0.3 is 20.7 Å². The second-order valence-corrected chi connectivity index (χ2v) is 6.92. The number of hydrogen-bond donors (Lipinski definition) is 3. The van der Waals surface area contributed by atoms with Gasteiger partial charge in [-0.1, -0.05) is 6.07 Å². The minimum atomic E-state index is -0.296. The molecule has 2 rings (SSSR count). The van der Waals surface area contributed by atoms with Gasteiger partial charge in [0.2, 0.25) is 5.91 Å². The van der Waals surface area contributed by atoms with Crippen molar-refractivity contribution in [2.45, 2.75) is 26.3 Å². The fourth-order valence-electron chi connectivity index (χ4n) is 2.24. The molecular formula is C20H25N3O3. The van der Waals surface area contributed by atoms with Gasteiger partial charge in [-0.2, -0.15) is 0 Å². The number of benzene rings is 2. The van der Waals surface area contributed by atoms with Gasteiger partial charge in [0.25, 0.3) is 5.91 Å².